The molecule has 0 saturated carbocycles. The lowest BCUT2D eigenvalue weighted by Crippen LogP contribution is -2.67. The summed E-state index contributed by atoms with van der Waals surface area (Å²) in [6.45, 7) is 2.35. The summed E-state index contributed by atoms with van der Waals surface area (Å²) in [5, 5.41) is 0. The quantitative estimate of drug-likeness (QED) is 0.205. The third kappa shape index (κ3) is 3.17. The van der Waals surface area contributed by atoms with E-state index in [0.717, 1.165) is 34.1 Å². The molecule has 3 aliphatic rings. The van der Waals surface area contributed by atoms with Gasteiger partial charge in [0.1, 0.15) is 11.6 Å². The van der Waals surface area contributed by atoms with Gasteiger partial charge in [-0.05, 0) is 113 Å². The van der Waals surface area contributed by atoms with Gasteiger partial charge in [0.15, 0.2) is 0 Å². The molecule has 0 saturated heterocycles. The van der Waals surface area contributed by atoms with Gasteiger partial charge in [0.05, 0.1) is 0 Å². The van der Waals surface area contributed by atoms with Gasteiger partial charge >= 0.3 is 0 Å². The van der Waals surface area contributed by atoms with Crippen LogP contribution in [0.4, 0.5) is 42.9 Å². The van der Waals surface area contributed by atoms with E-state index in [1.807, 2.05) is 24.3 Å². The van der Waals surface area contributed by atoms with E-state index in [2.05, 4.69) is 102 Å². The molecule has 0 N–H and O–H groups in total. The molecule has 0 aliphatic carbocycles. The van der Waals surface area contributed by atoms with Crippen molar-refractivity contribution in [1.82, 2.24) is 0 Å². The van der Waals surface area contributed by atoms with Crippen LogP contribution >= 0.6 is 0 Å². The van der Waals surface area contributed by atoms with Crippen LogP contribution in [0.2, 0.25) is 0 Å². The molecule has 2 nitrogen and oxygen atoms in total. The summed E-state index contributed by atoms with van der Waals surface area (Å²) in [7, 11) is 0. The summed E-state index contributed by atoms with van der Waals surface area (Å²) < 4.78 is 28.4. The van der Waals surface area contributed by atoms with Crippen LogP contribution < -0.4 is 26.2 Å². The summed E-state index contributed by atoms with van der Waals surface area (Å²) >= 11 is 0. The van der Waals surface area contributed by atoms with Crippen molar-refractivity contribution in [3.05, 3.63) is 162 Å². The zero-order valence-electron chi connectivity index (χ0n) is 23.4. The molecule has 3 heterocycles. The van der Waals surface area contributed by atoms with Crippen LogP contribution in [0, 0.1) is 11.6 Å². The Hall–Kier alpha value is -5.16. The predicted octanol–water partition coefficient (Wildman–Crippen LogP) is 7.72. The Bertz CT molecular complexity index is 1950. The van der Waals surface area contributed by atoms with E-state index < -0.39 is 5.41 Å². The molecular weight excluding hydrogens is 533 g/mol. The highest BCUT2D eigenvalue weighted by Gasteiger charge is 2.52. The number of halogens is 2. The molecule has 204 valence electrons. The lowest BCUT2D eigenvalue weighted by Gasteiger charge is -2.51. The summed E-state index contributed by atoms with van der Waals surface area (Å²) in [5.74, 6) is -0.525. The van der Waals surface area contributed by atoms with Gasteiger partial charge in [-0.15, -0.1) is 0 Å². The van der Waals surface area contributed by atoms with Crippen molar-refractivity contribution < 1.29 is 8.78 Å². The molecule has 0 unspecified atom stereocenters. The number of nitrogens with zero attached hydrogens (tertiary/aromatic N) is 2. The molecule has 43 heavy (non-hydrogen) atoms. The van der Waals surface area contributed by atoms with Crippen LogP contribution in [0.1, 0.15) is 23.6 Å². The van der Waals surface area contributed by atoms with Gasteiger partial charge < -0.3 is 9.80 Å². The summed E-state index contributed by atoms with van der Waals surface area (Å²) in [4.78, 5) is 4.56. The molecule has 0 aromatic heterocycles. The normalized spacial score (nSPS) is 14.9. The Balaban J connectivity index is 1.45. The second kappa shape index (κ2) is 8.68. The van der Waals surface area contributed by atoms with Crippen LogP contribution in [0.3, 0.4) is 0 Å². The third-order valence-corrected chi connectivity index (χ3v) is 9.65. The van der Waals surface area contributed by atoms with Crippen LogP contribution in [0.25, 0.3) is 0 Å². The SMILES string of the molecule is CC1(c2ccccc2)c2cccc3c2B2c4c(cccc4N(c4ccc(F)cc4)c4cccc1c42)N3c1ccc(F)cc1. The minimum Gasteiger partial charge on any atom is -0.311 e. The fourth-order valence-electron chi connectivity index (χ4n) is 7.86. The van der Waals surface area contributed by atoms with Crippen LogP contribution in [0.5, 0.6) is 0 Å². The van der Waals surface area contributed by atoms with Gasteiger partial charge in [-0.2, -0.15) is 0 Å². The predicted molar refractivity (Wildman–Crippen MR) is 172 cm³/mol. The molecule has 0 spiro atoms. The lowest BCUT2D eigenvalue weighted by atomic mass is 9.28. The average Bonchev–Trinajstić information content (AvgIpc) is 3.05. The molecule has 0 amide bonds. The topological polar surface area (TPSA) is 6.48 Å². The van der Waals surface area contributed by atoms with Gasteiger partial charge in [0.2, 0.25) is 0 Å². The molecule has 0 bridgehead atoms. The van der Waals surface area contributed by atoms with Gasteiger partial charge in [0, 0.05) is 39.5 Å². The highest BCUT2D eigenvalue weighted by atomic mass is 19.1. The molecule has 0 radical (unpaired) electrons. The highest BCUT2D eigenvalue weighted by Crippen LogP contribution is 2.50. The monoisotopic (exact) mass is 558 g/mol. The largest absolute Gasteiger partial charge is 0.311 e. The van der Waals surface area contributed by atoms with Crippen LogP contribution in [-0.4, -0.2) is 6.71 Å². The highest BCUT2D eigenvalue weighted by molar-refractivity contribution is 7.01. The van der Waals surface area contributed by atoms with Gasteiger partial charge in [-0.3, -0.25) is 0 Å². The second-order valence-electron chi connectivity index (χ2n) is 11.7. The first-order valence-corrected chi connectivity index (χ1v) is 14.6. The maximum Gasteiger partial charge on any atom is 0.252 e. The first-order valence-electron chi connectivity index (χ1n) is 14.6. The lowest BCUT2D eigenvalue weighted by molar-refractivity contribution is 0.627. The van der Waals surface area contributed by atoms with E-state index in [1.165, 1.54) is 57.3 Å². The standard InChI is InChI=1S/C38H25BF2N2/c1-38(24-8-3-2-4-9-24)29-10-5-12-31-35(29)39-36-30(38)11-6-13-32(36)43(28-22-18-26(41)19-23-28)34-15-7-14-33(37(34)39)42(31)27-20-16-25(40)17-21-27/h2-23H,1H3. The van der Waals surface area contributed by atoms with E-state index in [-0.39, 0.29) is 18.3 Å². The zero-order chi connectivity index (χ0) is 28.9. The van der Waals surface area contributed by atoms with Crippen molar-refractivity contribution in [2.24, 2.45) is 0 Å². The van der Waals surface area contributed by atoms with Gasteiger partial charge in [-0.1, -0.05) is 60.7 Å². The Kier molecular flexibility index (Phi) is 4.94. The zero-order valence-corrected chi connectivity index (χ0v) is 23.4. The minimum atomic E-state index is -0.429. The maximum absolute atomic E-state index is 14.2. The Labute approximate surface area is 249 Å². The van der Waals surface area contributed by atoms with E-state index in [0.29, 0.717) is 0 Å². The summed E-state index contributed by atoms with van der Waals surface area (Å²) in [6.07, 6.45) is 0. The fourth-order valence-corrected chi connectivity index (χ4v) is 7.86. The van der Waals surface area contributed by atoms with Gasteiger partial charge in [0.25, 0.3) is 6.71 Å². The molecule has 6 aromatic rings. The smallest absolute Gasteiger partial charge is 0.252 e. The van der Waals surface area contributed by atoms with Crippen molar-refractivity contribution in [1.29, 1.82) is 0 Å². The van der Waals surface area contributed by atoms with Crippen LogP contribution in [0.15, 0.2) is 133 Å². The number of hydrogen-bond acceptors (Lipinski definition) is 2. The second-order valence-corrected chi connectivity index (χ2v) is 11.7. The minimum absolute atomic E-state index is 0.00813. The van der Waals surface area contributed by atoms with Crippen molar-refractivity contribution >= 4 is 57.2 Å². The molecular formula is C38H25BF2N2. The van der Waals surface area contributed by atoms with Crippen LogP contribution in [-0.2, 0) is 5.41 Å². The first kappa shape index (κ1) is 24.4. The number of anilines is 6. The van der Waals surface area contributed by atoms with E-state index in [4.69, 9.17) is 0 Å². The number of benzene rings is 6. The number of hydrogen-bond donors (Lipinski definition) is 0. The van der Waals surface area contributed by atoms with E-state index in [1.54, 1.807) is 0 Å². The average molecular weight is 558 g/mol. The molecule has 0 atom stereocenters. The molecule has 6 aromatic carbocycles. The molecule has 0 fully saturated rings. The Morgan fingerprint density at radius 1 is 0.465 bits per heavy atom. The van der Waals surface area contributed by atoms with Crippen molar-refractivity contribution in [3.8, 4) is 0 Å². The summed E-state index contributed by atoms with van der Waals surface area (Å²) in [6, 6.07) is 43.9. The van der Waals surface area contributed by atoms with E-state index in [9.17, 15) is 8.78 Å². The summed E-state index contributed by atoms with van der Waals surface area (Å²) in [5.41, 5.74) is 13.2. The Morgan fingerprint density at radius 2 is 0.884 bits per heavy atom. The Morgan fingerprint density at radius 3 is 1.35 bits per heavy atom. The van der Waals surface area contributed by atoms with E-state index >= 15 is 0 Å². The first-order chi connectivity index (χ1) is 21.1. The third-order valence-electron chi connectivity index (χ3n) is 9.65. The molecule has 5 heteroatoms. The van der Waals surface area contributed by atoms with Crippen molar-refractivity contribution in [2.45, 2.75) is 12.3 Å². The fraction of sp³-hybridized carbons (Fsp3) is 0.0526. The van der Waals surface area contributed by atoms with Gasteiger partial charge in [-0.25, -0.2) is 8.78 Å². The maximum atomic E-state index is 14.2. The number of rotatable bonds is 3. The van der Waals surface area contributed by atoms with Crippen molar-refractivity contribution in [3.63, 3.8) is 0 Å². The molecule has 9 rings (SSSR count). The molecule has 3 aliphatic heterocycles. The van der Waals surface area contributed by atoms with Crippen molar-refractivity contribution in [2.75, 3.05) is 9.80 Å².